The molecule has 17 aromatic rings. The van der Waals surface area contributed by atoms with Crippen molar-refractivity contribution in [2.24, 2.45) is 0 Å². The van der Waals surface area contributed by atoms with Crippen LogP contribution in [0.15, 0.2) is 251 Å². The molecule has 12 aromatic carbocycles. The fraction of sp³-hybridized carbons (Fsp3) is 0.0133. The van der Waals surface area contributed by atoms with Crippen molar-refractivity contribution < 1.29 is 22.0 Å². The van der Waals surface area contributed by atoms with E-state index in [1.807, 2.05) is 12.1 Å². The van der Waals surface area contributed by atoms with Crippen LogP contribution < -0.4 is 0 Å². The molecule has 0 atom stereocenters. The first kappa shape index (κ1) is 49.2. The Kier molecular flexibility index (Phi) is 11.2. The fourth-order valence-electron chi connectivity index (χ4n) is 13.2. The number of fused-ring (bicyclic) bond motifs is 18. The van der Waals surface area contributed by atoms with Gasteiger partial charge in [-0.15, -0.1) is 0 Å². The summed E-state index contributed by atoms with van der Waals surface area (Å²) in [7, 11) is 0. The molecule has 0 saturated carbocycles. The molecule has 0 aliphatic heterocycles. The normalized spacial score (nSPS) is 11.9. The summed E-state index contributed by atoms with van der Waals surface area (Å²) in [6.07, 6.45) is 1.10. The standard InChI is InChI=1S/C49H28N4O.C13H4F3NO.C13H10/c50-29-37-46(51-38-22-8-1-15-30(38)31-16-2-9-23-39(31)51)48(53-42-26-12-5-19-34(42)35-20-6-13-27-43(35)53)45-36-21-7-14-28-44(36)54-49(45)47(37)52-40-24-10-3-17-32(40)33-18-4-11-25-41(33)52;14-10-7(5-17)11(15)13-9(12(10)16)6-3-1-2-4-8(6)18-13;1-3-7-12-10(5-1)9-11-6-2-4-8-13(11)12/h1-28H;1-4H;1-8H,9H2. The molecule has 0 radical (unpaired) electrons. The van der Waals surface area contributed by atoms with Crippen LogP contribution >= 0.6 is 0 Å². The molecule has 0 spiro atoms. The summed E-state index contributed by atoms with van der Waals surface area (Å²) >= 11 is 0. The smallest absolute Gasteiger partial charge is 0.187 e. The summed E-state index contributed by atoms with van der Waals surface area (Å²) < 4.78 is 60.3. The van der Waals surface area contributed by atoms with Crippen LogP contribution in [-0.2, 0) is 6.42 Å². The Morgan fingerprint density at radius 3 is 1.06 bits per heavy atom. The Hall–Kier alpha value is -11.6. The minimum Gasteiger partial charge on any atom is -0.454 e. The first-order valence-electron chi connectivity index (χ1n) is 27.8. The Labute approximate surface area is 482 Å². The molecule has 1 aliphatic rings. The van der Waals surface area contributed by atoms with Gasteiger partial charge in [-0.2, -0.15) is 10.5 Å². The van der Waals surface area contributed by atoms with Crippen LogP contribution in [0.4, 0.5) is 13.2 Å². The van der Waals surface area contributed by atoms with Gasteiger partial charge in [0, 0.05) is 43.1 Å². The number of rotatable bonds is 3. The van der Waals surface area contributed by atoms with E-state index in [2.05, 4.69) is 226 Å². The minimum atomic E-state index is -1.49. The van der Waals surface area contributed by atoms with E-state index in [1.165, 1.54) is 40.5 Å². The molecule has 5 aromatic heterocycles. The third-order valence-electron chi connectivity index (χ3n) is 16.7. The van der Waals surface area contributed by atoms with Gasteiger partial charge >= 0.3 is 0 Å². The predicted molar refractivity (Wildman–Crippen MR) is 334 cm³/mol. The fourth-order valence-corrected chi connectivity index (χ4v) is 13.2. The number of benzene rings is 12. The molecule has 5 heterocycles. The Morgan fingerprint density at radius 1 is 0.306 bits per heavy atom. The summed E-state index contributed by atoms with van der Waals surface area (Å²) in [6, 6.07) is 87.1. The van der Waals surface area contributed by atoms with Crippen LogP contribution in [0.1, 0.15) is 22.3 Å². The van der Waals surface area contributed by atoms with Crippen molar-refractivity contribution in [3.63, 3.8) is 0 Å². The third kappa shape index (κ3) is 7.26. The van der Waals surface area contributed by atoms with Gasteiger partial charge in [0.25, 0.3) is 0 Å². The van der Waals surface area contributed by atoms with Crippen molar-refractivity contribution >= 4 is 109 Å². The highest BCUT2D eigenvalue weighted by molar-refractivity contribution is 6.21. The molecule has 0 unspecified atom stereocenters. The molecule has 1 aliphatic carbocycles. The van der Waals surface area contributed by atoms with E-state index >= 15 is 0 Å². The average molecular weight is 1100 g/mol. The predicted octanol–water partition coefficient (Wildman–Crippen LogP) is 19.9. The zero-order valence-electron chi connectivity index (χ0n) is 45.0. The molecule has 0 fully saturated rings. The molecule has 85 heavy (non-hydrogen) atoms. The number of nitriles is 2. The largest absolute Gasteiger partial charge is 0.454 e. The molecule has 7 nitrogen and oxygen atoms in total. The van der Waals surface area contributed by atoms with Crippen molar-refractivity contribution in [1.29, 1.82) is 10.5 Å². The van der Waals surface area contributed by atoms with Gasteiger partial charge in [0.05, 0.1) is 55.2 Å². The van der Waals surface area contributed by atoms with Crippen LogP contribution in [0.25, 0.3) is 137 Å². The van der Waals surface area contributed by atoms with E-state index in [0.717, 1.165) is 105 Å². The molecule has 0 saturated heterocycles. The maximum Gasteiger partial charge on any atom is 0.187 e. The van der Waals surface area contributed by atoms with Crippen molar-refractivity contribution in [1.82, 2.24) is 13.7 Å². The number of hydrogen-bond donors (Lipinski definition) is 0. The van der Waals surface area contributed by atoms with Crippen LogP contribution in [0.2, 0.25) is 0 Å². The SMILES string of the molecule is N#Cc1c(-n2c3ccccc3c3ccccc32)c(-n2c3ccccc3c3ccccc32)c2c(oc3ccccc32)c1-n1c2ccccc2c2ccccc21.N#Cc1c(F)c(F)c2c(oc3ccccc32)c1F.c1ccc2c(c1)Cc1ccccc1-2. The van der Waals surface area contributed by atoms with E-state index < -0.39 is 28.6 Å². The quantitative estimate of drug-likeness (QED) is 0.165. The molecule has 18 rings (SSSR count). The number of halogens is 3. The van der Waals surface area contributed by atoms with Gasteiger partial charge in [0.15, 0.2) is 28.6 Å². The topological polar surface area (TPSA) is 88.6 Å². The van der Waals surface area contributed by atoms with E-state index in [9.17, 15) is 18.4 Å². The van der Waals surface area contributed by atoms with E-state index in [4.69, 9.17) is 14.1 Å². The lowest BCUT2D eigenvalue weighted by Gasteiger charge is -2.22. The van der Waals surface area contributed by atoms with Crippen LogP contribution in [0.5, 0.6) is 0 Å². The van der Waals surface area contributed by atoms with E-state index in [-0.39, 0.29) is 16.4 Å². The first-order valence-corrected chi connectivity index (χ1v) is 27.8. The van der Waals surface area contributed by atoms with Crippen molar-refractivity contribution in [2.45, 2.75) is 6.42 Å². The zero-order chi connectivity index (χ0) is 57.0. The number of hydrogen-bond acceptors (Lipinski definition) is 4. The van der Waals surface area contributed by atoms with Crippen LogP contribution in [0.3, 0.4) is 0 Å². The average Bonchev–Trinajstić information content (AvgIpc) is 1.71. The second kappa shape index (κ2) is 19.3. The van der Waals surface area contributed by atoms with Crippen LogP contribution in [0, 0.1) is 40.1 Å². The summed E-state index contributed by atoms with van der Waals surface area (Å²) in [4.78, 5) is 0. The monoisotopic (exact) mass is 1100 g/mol. The molecule has 0 amide bonds. The minimum absolute atomic E-state index is 0.236. The Morgan fingerprint density at radius 2 is 0.635 bits per heavy atom. The summed E-state index contributed by atoms with van der Waals surface area (Å²) in [5, 5.41) is 29.2. The Balaban J connectivity index is 0.000000153. The molecule has 10 heteroatoms. The van der Waals surface area contributed by atoms with Gasteiger partial charge in [-0.3, -0.25) is 0 Å². The van der Waals surface area contributed by atoms with Gasteiger partial charge in [-0.25, -0.2) is 13.2 Å². The highest BCUT2D eigenvalue weighted by Crippen LogP contribution is 2.50. The number of nitrogens with zero attached hydrogens (tertiary/aromatic N) is 5. The second-order valence-electron chi connectivity index (χ2n) is 21.2. The molecule has 400 valence electrons. The van der Waals surface area contributed by atoms with Gasteiger partial charge in [-0.05, 0) is 77.2 Å². The lowest BCUT2D eigenvalue weighted by Crippen LogP contribution is -2.10. The van der Waals surface area contributed by atoms with Gasteiger partial charge in [0.1, 0.15) is 40.1 Å². The molecule has 0 bridgehead atoms. The van der Waals surface area contributed by atoms with Crippen molar-refractivity contribution in [3.8, 4) is 40.3 Å². The van der Waals surface area contributed by atoms with E-state index in [0.29, 0.717) is 11.1 Å². The number of para-hydroxylation sites is 8. The summed E-state index contributed by atoms with van der Waals surface area (Å²) in [5.74, 6) is -3.94. The number of aromatic nitrogens is 3. The molecule has 0 N–H and O–H groups in total. The van der Waals surface area contributed by atoms with Crippen molar-refractivity contribution in [2.75, 3.05) is 0 Å². The first-order chi connectivity index (χ1) is 41.9. The number of furan rings is 2. The van der Waals surface area contributed by atoms with Gasteiger partial charge in [0.2, 0.25) is 0 Å². The second-order valence-corrected chi connectivity index (χ2v) is 21.2. The van der Waals surface area contributed by atoms with Crippen LogP contribution in [-0.4, -0.2) is 13.7 Å². The highest BCUT2D eigenvalue weighted by Gasteiger charge is 2.33. The summed E-state index contributed by atoms with van der Waals surface area (Å²) in [6.45, 7) is 0. The lowest BCUT2D eigenvalue weighted by atomic mass is 10.0. The highest BCUT2D eigenvalue weighted by atomic mass is 19.2. The van der Waals surface area contributed by atoms with Crippen molar-refractivity contribution in [3.05, 3.63) is 282 Å². The summed E-state index contributed by atoms with van der Waals surface area (Å²) in [5.41, 5.74) is 15.1. The maximum atomic E-state index is 13.8. The maximum absolute atomic E-state index is 13.8. The lowest BCUT2D eigenvalue weighted by molar-refractivity contribution is 0.495. The van der Waals surface area contributed by atoms with Gasteiger partial charge in [-0.1, -0.05) is 194 Å². The molecular weight excluding hydrogens is 1060 g/mol. The Bertz CT molecular complexity index is 5540. The third-order valence-corrected chi connectivity index (χ3v) is 16.7. The van der Waals surface area contributed by atoms with Gasteiger partial charge < -0.3 is 22.5 Å². The van der Waals surface area contributed by atoms with E-state index in [1.54, 1.807) is 12.1 Å². The zero-order valence-corrected chi connectivity index (χ0v) is 45.0. The molecular formula is C75H42F3N5O2.